The van der Waals surface area contributed by atoms with E-state index in [2.05, 4.69) is 55.2 Å². The van der Waals surface area contributed by atoms with Crippen molar-refractivity contribution < 1.29 is 0 Å². The van der Waals surface area contributed by atoms with Gasteiger partial charge in [-0.3, -0.25) is 4.40 Å². The van der Waals surface area contributed by atoms with Crippen LogP contribution in [0.4, 0.5) is 0 Å². The smallest absolute Gasteiger partial charge is 0.234 e. The first-order chi connectivity index (χ1) is 13.2. The molecule has 0 N–H and O–H groups in total. The molecular weight excluding hydrogens is 374 g/mol. The molecule has 0 atom stereocenters. The fraction of sp³-hybridized carbons (Fsp3) is 0.182. The van der Waals surface area contributed by atoms with Crippen molar-refractivity contribution in [1.29, 1.82) is 0 Å². The molecule has 0 unspecified atom stereocenters. The van der Waals surface area contributed by atoms with Crippen molar-refractivity contribution in [2.45, 2.75) is 25.2 Å². The normalized spacial score (nSPS) is 11.2. The van der Waals surface area contributed by atoms with Gasteiger partial charge in [-0.15, -0.1) is 11.8 Å². The van der Waals surface area contributed by atoms with Crippen molar-refractivity contribution in [3.63, 3.8) is 0 Å². The zero-order valence-corrected chi connectivity index (χ0v) is 16.9. The van der Waals surface area contributed by atoms with E-state index in [1.54, 1.807) is 18.0 Å². The van der Waals surface area contributed by atoms with Gasteiger partial charge in [0.15, 0.2) is 0 Å². The fourth-order valence-electron chi connectivity index (χ4n) is 3.05. The van der Waals surface area contributed by atoms with E-state index >= 15 is 0 Å². The van der Waals surface area contributed by atoms with Crippen LogP contribution >= 0.6 is 23.4 Å². The van der Waals surface area contributed by atoms with Crippen molar-refractivity contribution in [2.24, 2.45) is 0 Å². The van der Waals surface area contributed by atoms with Gasteiger partial charge < -0.3 is 0 Å². The van der Waals surface area contributed by atoms with E-state index in [0.29, 0.717) is 5.78 Å². The summed E-state index contributed by atoms with van der Waals surface area (Å²) in [4.78, 5) is 10.3. The maximum Gasteiger partial charge on any atom is 0.234 e. The predicted molar refractivity (Wildman–Crippen MR) is 115 cm³/mol. The number of hydrogen-bond donors (Lipinski definition) is 0. The van der Waals surface area contributed by atoms with Gasteiger partial charge in [0.2, 0.25) is 5.78 Å². The maximum absolute atomic E-state index is 6.56. The van der Waals surface area contributed by atoms with Crippen LogP contribution in [0.2, 0.25) is 5.02 Å². The molecule has 3 nitrogen and oxygen atoms in total. The Bertz CT molecular complexity index is 1090. The molecule has 0 amide bonds. The van der Waals surface area contributed by atoms with E-state index < -0.39 is 0 Å². The Morgan fingerprint density at radius 2 is 1.85 bits per heavy atom. The third kappa shape index (κ3) is 3.60. The van der Waals surface area contributed by atoms with E-state index in [4.69, 9.17) is 16.6 Å². The molecule has 0 bridgehead atoms. The Hall–Kier alpha value is -2.30. The number of nitrogens with zero attached hydrogens (tertiary/aromatic N) is 3. The number of aromatic nitrogens is 3. The van der Waals surface area contributed by atoms with Crippen LogP contribution in [0.5, 0.6) is 0 Å². The van der Waals surface area contributed by atoms with Crippen LogP contribution in [-0.4, -0.2) is 20.1 Å². The Balaban J connectivity index is 1.88. The Morgan fingerprint density at radius 1 is 1.07 bits per heavy atom. The Kier molecular flexibility index (Phi) is 5.19. The van der Waals surface area contributed by atoms with Gasteiger partial charge in [-0.1, -0.05) is 54.4 Å². The molecule has 2 heterocycles. The summed E-state index contributed by atoms with van der Waals surface area (Å²) in [6.07, 6.45) is 4.89. The summed E-state index contributed by atoms with van der Waals surface area (Å²) in [7, 11) is 0. The largest absolute Gasteiger partial charge is 0.283 e. The molecule has 0 radical (unpaired) electrons. The number of benzene rings is 2. The van der Waals surface area contributed by atoms with E-state index in [9.17, 15) is 0 Å². The molecule has 136 valence electrons. The van der Waals surface area contributed by atoms with E-state index in [1.807, 2.05) is 22.7 Å². The van der Waals surface area contributed by atoms with Crippen LogP contribution < -0.4 is 0 Å². The molecule has 0 aliphatic carbocycles. The van der Waals surface area contributed by atoms with Gasteiger partial charge in [-0.05, 0) is 37.3 Å². The second-order valence-electron chi connectivity index (χ2n) is 6.46. The zero-order valence-electron chi connectivity index (χ0n) is 15.3. The van der Waals surface area contributed by atoms with Gasteiger partial charge in [-0.2, -0.15) is 0 Å². The van der Waals surface area contributed by atoms with E-state index in [0.717, 1.165) is 44.6 Å². The highest BCUT2D eigenvalue weighted by molar-refractivity contribution is 7.99. The van der Waals surface area contributed by atoms with Crippen molar-refractivity contribution in [2.75, 3.05) is 5.75 Å². The molecule has 2 aromatic carbocycles. The monoisotopic (exact) mass is 393 g/mol. The lowest BCUT2D eigenvalue weighted by molar-refractivity contribution is 1.10. The highest BCUT2D eigenvalue weighted by atomic mass is 35.5. The van der Waals surface area contributed by atoms with Crippen molar-refractivity contribution in [3.8, 4) is 22.5 Å². The summed E-state index contributed by atoms with van der Waals surface area (Å²) in [6, 6.07) is 16.6. The van der Waals surface area contributed by atoms with Gasteiger partial charge in [0, 0.05) is 28.4 Å². The van der Waals surface area contributed by atoms with Gasteiger partial charge >= 0.3 is 0 Å². The molecule has 5 heteroatoms. The van der Waals surface area contributed by atoms with E-state index in [1.165, 1.54) is 5.56 Å². The SMILES string of the molecule is CCCSc1ccc(-c2nc3ncccn3c2-c2ccc(C)cc2)cc1Cl. The standard InChI is InChI=1S/C22H20ClN3S/c1-3-13-27-19-10-9-17(14-18(19)23)20-21(16-7-5-15(2)6-8-16)26-12-4-11-24-22(26)25-20/h4-12,14H,3,13H2,1-2H3. The minimum Gasteiger partial charge on any atom is -0.283 e. The van der Waals surface area contributed by atoms with Crippen LogP contribution in [-0.2, 0) is 0 Å². The molecule has 27 heavy (non-hydrogen) atoms. The first-order valence-corrected chi connectivity index (χ1v) is 10.4. The van der Waals surface area contributed by atoms with Crippen LogP contribution in [0.1, 0.15) is 18.9 Å². The zero-order chi connectivity index (χ0) is 18.8. The minimum atomic E-state index is 0.684. The quantitative estimate of drug-likeness (QED) is 0.361. The Labute approximate surface area is 168 Å². The first-order valence-electron chi connectivity index (χ1n) is 9.00. The van der Waals surface area contributed by atoms with Crippen LogP contribution in [0, 0.1) is 6.92 Å². The van der Waals surface area contributed by atoms with Gasteiger partial charge in [0.25, 0.3) is 0 Å². The number of fused-ring (bicyclic) bond motifs is 1. The highest BCUT2D eigenvalue weighted by Gasteiger charge is 2.17. The lowest BCUT2D eigenvalue weighted by atomic mass is 10.0. The molecule has 0 spiro atoms. The van der Waals surface area contributed by atoms with Gasteiger partial charge in [0.1, 0.15) is 0 Å². The van der Waals surface area contributed by atoms with Crippen molar-refractivity contribution in [3.05, 3.63) is 71.5 Å². The molecule has 0 saturated heterocycles. The molecule has 0 saturated carbocycles. The van der Waals surface area contributed by atoms with Crippen LogP contribution in [0.15, 0.2) is 65.8 Å². The van der Waals surface area contributed by atoms with Crippen LogP contribution in [0.25, 0.3) is 28.3 Å². The number of imidazole rings is 1. The summed E-state index contributed by atoms with van der Waals surface area (Å²) in [5.41, 5.74) is 5.26. The first kappa shape index (κ1) is 18.1. The molecule has 4 aromatic rings. The summed E-state index contributed by atoms with van der Waals surface area (Å²) in [5.74, 6) is 1.75. The average Bonchev–Trinajstić information content (AvgIpc) is 3.07. The van der Waals surface area contributed by atoms with Crippen LogP contribution in [0.3, 0.4) is 0 Å². The second-order valence-corrected chi connectivity index (χ2v) is 8.00. The summed E-state index contributed by atoms with van der Waals surface area (Å²) >= 11 is 8.35. The summed E-state index contributed by atoms with van der Waals surface area (Å²) in [5, 5.41) is 0.769. The number of hydrogen-bond acceptors (Lipinski definition) is 3. The molecule has 0 aliphatic rings. The molecule has 0 aliphatic heterocycles. The Morgan fingerprint density at radius 3 is 2.59 bits per heavy atom. The highest BCUT2D eigenvalue weighted by Crippen LogP contribution is 2.36. The summed E-state index contributed by atoms with van der Waals surface area (Å²) < 4.78 is 2.04. The average molecular weight is 394 g/mol. The summed E-state index contributed by atoms with van der Waals surface area (Å²) in [6.45, 7) is 4.26. The fourth-order valence-corrected chi connectivity index (χ4v) is 4.18. The van der Waals surface area contributed by atoms with Crippen molar-refractivity contribution in [1.82, 2.24) is 14.4 Å². The lowest BCUT2D eigenvalue weighted by Crippen LogP contribution is -1.91. The van der Waals surface area contributed by atoms with Crippen molar-refractivity contribution >= 4 is 29.1 Å². The molecule has 0 fully saturated rings. The third-order valence-corrected chi connectivity index (χ3v) is 6.10. The topological polar surface area (TPSA) is 30.2 Å². The molecular formula is C22H20ClN3S. The maximum atomic E-state index is 6.56. The van der Waals surface area contributed by atoms with Gasteiger partial charge in [-0.25, -0.2) is 9.97 Å². The van der Waals surface area contributed by atoms with E-state index in [-0.39, 0.29) is 0 Å². The second kappa shape index (κ2) is 7.75. The van der Waals surface area contributed by atoms with Gasteiger partial charge in [0.05, 0.1) is 16.4 Å². The number of thioether (sulfide) groups is 1. The number of halogens is 1. The predicted octanol–water partition coefficient (Wildman–Crippen LogP) is 6.53. The number of rotatable bonds is 5. The molecule has 2 aromatic heterocycles. The molecule has 4 rings (SSSR count). The number of aryl methyl sites for hydroxylation is 1. The lowest BCUT2D eigenvalue weighted by Gasteiger charge is -2.08. The third-order valence-electron chi connectivity index (χ3n) is 4.40. The minimum absolute atomic E-state index is 0.684.